The molecule has 23 heavy (non-hydrogen) atoms. The number of hydrogen-bond donors (Lipinski definition) is 2. The van der Waals surface area contributed by atoms with Crippen LogP contribution in [0.4, 0.5) is 5.95 Å². The van der Waals surface area contributed by atoms with Gasteiger partial charge >= 0.3 is 0 Å². The number of nitrogen functional groups attached to an aromatic ring is 1. The van der Waals surface area contributed by atoms with Crippen molar-refractivity contribution in [2.45, 2.75) is 17.6 Å². The molecular weight excluding hydrogens is 423 g/mol. The minimum Gasteiger partial charge on any atom is -0.372 e. The molecule has 7 heteroatoms. The lowest BCUT2D eigenvalue weighted by Gasteiger charge is -2.21. The molecule has 0 amide bonds. The van der Waals surface area contributed by atoms with E-state index in [0.717, 1.165) is 15.4 Å². The van der Waals surface area contributed by atoms with E-state index in [9.17, 15) is 0 Å². The van der Waals surface area contributed by atoms with Crippen molar-refractivity contribution >= 4 is 51.5 Å². The molecule has 0 radical (unpaired) electrons. The van der Waals surface area contributed by atoms with E-state index >= 15 is 0 Å². The number of H-pyrrole nitrogens is 1. The van der Waals surface area contributed by atoms with Crippen LogP contribution in [0.15, 0.2) is 24.3 Å². The standard InChI is InChI=1S/C16H13IN4OS/c17-5-9-4-10-7-22-6-8-2-1-3-11(12(8)10)13(9)14-19-15(18)21-16(23)20-14/h1-4H,5-7H2,(H3,18,19,20,21,23). The van der Waals surface area contributed by atoms with Gasteiger partial charge in [-0.15, -0.1) is 0 Å². The normalized spacial score (nSPS) is 13.4. The Bertz CT molecular complexity index is 986. The van der Waals surface area contributed by atoms with Gasteiger partial charge in [0.15, 0.2) is 0 Å². The summed E-state index contributed by atoms with van der Waals surface area (Å²) in [6, 6.07) is 8.47. The lowest BCUT2D eigenvalue weighted by molar-refractivity contribution is 0.103. The van der Waals surface area contributed by atoms with Crippen LogP contribution in [0.5, 0.6) is 0 Å². The molecule has 2 heterocycles. The average Bonchev–Trinajstić information content (AvgIpc) is 2.54. The number of nitrogens with zero attached hydrogens (tertiary/aromatic N) is 2. The van der Waals surface area contributed by atoms with Crippen molar-refractivity contribution in [1.29, 1.82) is 0 Å². The Morgan fingerprint density at radius 1 is 1.26 bits per heavy atom. The van der Waals surface area contributed by atoms with Gasteiger partial charge in [-0.2, -0.15) is 4.98 Å². The van der Waals surface area contributed by atoms with Gasteiger partial charge in [-0.05, 0) is 39.7 Å². The van der Waals surface area contributed by atoms with Crippen LogP contribution in [0.2, 0.25) is 0 Å². The van der Waals surface area contributed by atoms with Gasteiger partial charge in [0.2, 0.25) is 10.7 Å². The highest BCUT2D eigenvalue weighted by Crippen LogP contribution is 2.38. The van der Waals surface area contributed by atoms with E-state index in [1.54, 1.807) is 0 Å². The van der Waals surface area contributed by atoms with E-state index < -0.39 is 0 Å². The third-order valence-corrected chi connectivity index (χ3v) is 4.98. The van der Waals surface area contributed by atoms with Crippen LogP contribution >= 0.6 is 34.8 Å². The molecular formula is C16H13IN4OS. The molecule has 0 bridgehead atoms. The van der Waals surface area contributed by atoms with Crippen LogP contribution in [0, 0.1) is 4.77 Å². The highest BCUT2D eigenvalue weighted by molar-refractivity contribution is 14.1. The fourth-order valence-electron chi connectivity index (χ4n) is 3.12. The van der Waals surface area contributed by atoms with E-state index in [1.165, 1.54) is 22.1 Å². The maximum absolute atomic E-state index is 5.83. The Kier molecular flexibility index (Phi) is 3.78. The Labute approximate surface area is 151 Å². The lowest BCUT2D eigenvalue weighted by Crippen LogP contribution is -2.07. The zero-order chi connectivity index (χ0) is 16.0. The molecule has 0 aliphatic carbocycles. The minimum absolute atomic E-state index is 0.250. The summed E-state index contributed by atoms with van der Waals surface area (Å²) in [5.41, 5.74) is 10.5. The number of nitrogens with two attached hydrogens (primary N) is 1. The van der Waals surface area contributed by atoms with Crippen LogP contribution in [-0.4, -0.2) is 15.0 Å². The van der Waals surface area contributed by atoms with Crippen molar-refractivity contribution in [2.24, 2.45) is 0 Å². The predicted molar refractivity (Wildman–Crippen MR) is 101 cm³/mol. The van der Waals surface area contributed by atoms with E-state index in [4.69, 9.17) is 22.7 Å². The van der Waals surface area contributed by atoms with Gasteiger partial charge in [0.25, 0.3) is 0 Å². The summed E-state index contributed by atoms with van der Waals surface area (Å²) in [5.74, 6) is 0.951. The van der Waals surface area contributed by atoms with Crippen molar-refractivity contribution < 1.29 is 4.74 Å². The topological polar surface area (TPSA) is 76.8 Å². The van der Waals surface area contributed by atoms with Crippen molar-refractivity contribution in [1.82, 2.24) is 15.0 Å². The fourth-order valence-corrected chi connectivity index (χ4v) is 3.92. The van der Waals surface area contributed by atoms with E-state index in [0.29, 0.717) is 19.0 Å². The molecule has 1 aliphatic heterocycles. The molecule has 3 N–H and O–H groups in total. The molecule has 0 saturated heterocycles. The Morgan fingerprint density at radius 2 is 2.09 bits per heavy atom. The average molecular weight is 436 g/mol. The first-order valence-electron chi connectivity index (χ1n) is 7.11. The molecule has 1 aliphatic rings. The van der Waals surface area contributed by atoms with Gasteiger partial charge in [-0.3, -0.25) is 0 Å². The van der Waals surface area contributed by atoms with Crippen LogP contribution in [0.1, 0.15) is 16.7 Å². The molecule has 3 aromatic rings. The van der Waals surface area contributed by atoms with Crippen molar-refractivity contribution in [2.75, 3.05) is 5.73 Å². The maximum Gasteiger partial charge on any atom is 0.224 e. The highest BCUT2D eigenvalue weighted by atomic mass is 127. The van der Waals surface area contributed by atoms with E-state index in [-0.39, 0.29) is 10.7 Å². The smallest absolute Gasteiger partial charge is 0.224 e. The molecule has 4 rings (SSSR count). The van der Waals surface area contributed by atoms with Crippen LogP contribution < -0.4 is 5.73 Å². The number of aromatic nitrogens is 3. The van der Waals surface area contributed by atoms with Gasteiger partial charge in [0.1, 0.15) is 5.82 Å². The molecule has 1 aromatic heterocycles. The van der Waals surface area contributed by atoms with Crippen LogP contribution in [-0.2, 0) is 22.4 Å². The molecule has 2 aromatic carbocycles. The molecule has 0 unspecified atom stereocenters. The Balaban J connectivity index is 2.14. The number of nitrogens with one attached hydrogen (secondary N) is 1. The molecule has 116 valence electrons. The number of alkyl halides is 1. The number of hydrogen-bond acceptors (Lipinski definition) is 5. The number of aromatic amines is 1. The summed E-state index contributed by atoms with van der Waals surface area (Å²) in [6.07, 6.45) is 0. The summed E-state index contributed by atoms with van der Waals surface area (Å²) in [7, 11) is 0. The largest absolute Gasteiger partial charge is 0.372 e. The summed E-state index contributed by atoms with van der Waals surface area (Å²) in [5, 5.41) is 2.40. The van der Waals surface area contributed by atoms with E-state index in [2.05, 4.69) is 61.8 Å². The van der Waals surface area contributed by atoms with Crippen molar-refractivity contribution in [3.05, 3.63) is 45.7 Å². The minimum atomic E-state index is 0.250. The SMILES string of the molecule is Nc1nc(=S)nc(-c2c(CI)cc3c4c(cccc24)COC3)[nH]1. The first-order chi connectivity index (χ1) is 11.2. The molecule has 0 atom stereocenters. The number of ether oxygens (including phenoxy) is 1. The fraction of sp³-hybridized carbons (Fsp3) is 0.188. The van der Waals surface area contributed by atoms with Gasteiger partial charge in [-0.1, -0.05) is 46.9 Å². The Hall–Kier alpha value is -1.58. The first-order valence-corrected chi connectivity index (χ1v) is 9.05. The molecule has 0 spiro atoms. The third-order valence-electron chi connectivity index (χ3n) is 3.98. The lowest BCUT2D eigenvalue weighted by atomic mass is 9.91. The second-order valence-electron chi connectivity index (χ2n) is 5.40. The first kappa shape index (κ1) is 15.0. The molecule has 0 fully saturated rings. The summed E-state index contributed by atoms with van der Waals surface area (Å²) >= 11 is 7.49. The highest BCUT2D eigenvalue weighted by Gasteiger charge is 2.20. The number of benzene rings is 2. The third kappa shape index (κ3) is 2.52. The second-order valence-corrected chi connectivity index (χ2v) is 6.53. The van der Waals surface area contributed by atoms with Crippen LogP contribution in [0.25, 0.3) is 22.2 Å². The number of anilines is 1. The summed E-state index contributed by atoms with van der Waals surface area (Å²) in [4.78, 5) is 11.4. The quantitative estimate of drug-likeness (QED) is 0.362. The molecule has 0 saturated carbocycles. The number of rotatable bonds is 2. The van der Waals surface area contributed by atoms with Crippen molar-refractivity contribution in [3.63, 3.8) is 0 Å². The second kappa shape index (κ2) is 5.81. The van der Waals surface area contributed by atoms with Crippen molar-refractivity contribution in [3.8, 4) is 11.4 Å². The Morgan fingerprint density at radius 3 is 2.87 bits per heavy atom. The monoisotopic (exact) mass is 436 g/mol. The van der Waals surface area contributed by atoms with Gasteiger partial charge in [-0.25, -0.2) is 4.98 Å². The summed E-state index contributed by atoms with van der Waals surface area (Å²) in [6.45, 7) is 1.27. The molecule has 5 nitrogen and oxygen atoms in total. The zero-order valence-electron chi connectivity index (χ0n) is 12.1. The van der Waals surface area contributed by atoms with Gasteiger partial charge in [0, 0.05) is 9.99 Å². The van der Waals surface area contributed by atoms with E-state index in [1.807, 2.05) is 0 Å². The maximum atomic E-state index is 5.83. The predicted octanol–water partition coefficient (Wildman–Crippen LogP) is 3.90. The summed E-state index contributed by atoms with van der Waals surface area (Å²) < 4.78 is 6.80. The van der Waals surface area contributed by atoms with Gasteiger partial charge < -0.3 is 15.5 Å². The zero-order valence-corrected chi connectivity index (χ0v) is 15.1. The number of halogens is 1. The van der Waals surface area contributed by atoms with Gasteiger partial charge in [0.05, 0.1) is 13.2 Å². The van der Waals surface area contributed by atoms with Crippen LogP contribution in [0.3, 0.4) is 0 Å².